The minimum Gasteiger partial charge on any atom is -0.347 e. The molecule has 2 rings (SSSR count). The molecule has 5 nitrogen and oxygen atoms in total. The van der Waals surface area contributed by atoms with Crippen molar-refractivity contribution in [2.75, 3.05) is 0 Å². The molecule has 0 saturated carbocycles. The van der Waals surface area contributed by atoms with Gasteiger partial charge in [-0.05, 0) is 12.5 Å². The third-order valence-corrected chi connectivity index (χ3v) is 2.73. The molecule has 0 fully saturated rings. The molecule has 1 aromatic carbocycles. The van der Waals surface area contributed by atoms with E-state index in [0.717, 1.165) is 5.56 Å². The average Bonchev–Trinajstić information content (AvgIpc) is 2.92. The first-order chi connectivity index (χ1) is 8.68. The molecule has 1 aromatic heterocycles. The predicted octanol–water partition coefficient (Wildman–Crippen LogP) is 1.29. The number of imidazole rings is 1. The van der Waals surface area contributed by atoms with Gasteiger partial charge in [0.25, 0.3) is 0 Å². The molecule has 1 amide bonds. The third kappa shape index (κ3) is 2.75. The molecule has 94 valence electrons. The highest BCUT2D eigenvalue weighted by atomic mass is 16.2. The highest BCUT2D eigenvalue weighted by molar-refractivity contribution is 5.83. The molecule has 18 heavy (non-hydrogen) atoms. The van der Waals surface area contributed by atoms with Crippen LogP contribution in [0.3, 0.4) is 0 Å². The maximum absolute atomic E-state index is 12.0. The minimum atomic E-state index is -0.663. The summed E-state index contributed by atoms with van der Waals surface area (Å²) in [4.78, 5) is 19.0. The molecule has 0 radical (unpaired) electrons. The monoisotopic (exact) mass is 244 g/mol. The molecule has 0 aliphatic rings. The van der Waals surface area contributed by atoms with Crippen molar-refractivity contribution in [1.29, 1.82) is 0 Å². The lowest BCUT2D eigenvalue weighted by Crippen LogP contribution is -2.36. The van der Waals surface area contributed by atoms with E-state index in [1.54, 1.807) is 12.4 Å². The Morgan fingerprint density at radius 2 is 2.11 bits per heavy atom. The van der Waals surface area contributed by atoms with Crippen LogP contribution >= 0.6 is 0 Å². The zero-order valence-electron chi connectivity index (χ0n) is 10.1. The molecule has 0 bridgehead atoms. The number of benzene rings is 1. The summed E-state index contributed by atoms with van der Waals surface area (Å²) < 4.78 is 0. The molecule has 1 heterocycles. The van der Waals surface area contributed by atoms with E-state index < -0.39 is 6.04 Å². The molecule has 0 aliphatic heterocycles. The van der Waals surface area contributed by atoms with Crippen LogP contribution in [0.1, 0.15) is 30.4 Å². The van der Waals surface area contributed by atoms with Gasteiger partial charge in [-0.15, -0.1) is 0 Å². The van der Waals surface area contributed by atoms with E-state index in [9.17, 15) is 4.79 Å². The zero-order chi connectivity index (χ0) is 13.0. The van der Waals surface area contributed by atoms with Crippen molar-refractivity contribution in [3.63, 3.8) is 0 Å². The fourth-order valence-electron chi connectivity index (χ4n) is 1.70. The van der Waals surface area contributed by atoms with Gasteiger partial charge in [-0.2, -0.15) is 0 Å². The molecule has 1 unspecified atom stereocenters. The van der Waals surface area contributed by atoms with E-state index in [4.69, 9.17) is 5.73 Å². The molecule has 4 N–H and O–H groups in total. The van der Waals surface area contributed by atoms with Crippen LogP contribution in [0.5, 0.6) is 0 Å². The van der Waals surface area contributed by atoms with Crippen molar-refractivity contribution in [1.82, 2.24) is 15.3 Å². The van der Waals surface area contributed by atoms with Gasteiger partial charge >= 0.3 is 0 Å². The summed E-state index contributed by atoms with van der Waals surface area (Å²) in [6, 6.07) is 8.42. The van der Waals surface area contributed by atoms with Gasteiger partial charge in [0.05, 0.1) is 6.04 Å². The summed E-state index contributed by atoms with van der Waals surface area (Å²) in [7, 11) is 0. The van der Waals surface area contributed by atoms with Gasteiger partial charge in [0.1, 0.15) is 11.9 Å². The van der Waals surface area contributed by atoms with Gasteiger partial charge in [-0.1, -0.05) is 30.3 Å². The predicted molar refractivity (Wildman–Crippen MR) is 68.5 cm³/mol. The molecule has 2 aromatic rings. The Labute approximate surface area is 105 Å². The molecular weight excluding hydrogens is 228 g/mol. The average molecular weight is 244 g/mol. The largest absolute Gasteiger partial charge is 0.347 e. The van der Waals surface area contributed by atoms with Crippen LogP contribution in [0.25, 0.3) is 0 Å². The third-order valence-electron chi connectivity index (χ3n) is 2.73. The second-order valence-corrected chi connectivity index (χ2v) is 4.09. The second kappa shape index (κ2) is 5.46. The number of nitrogens with one attached hydrogen (secondary N) is 2. The SMILES string of the molecule is CC(NC(=O)[C@H](N)c1ccccc1)c1ncc[nH]1. The first-order valence-electron chi connectivity index (χ1n) is 5.78. The first-order valence-corrected chi connectivity index (χ1v) is 5.78. The maximum atomic E-state index is 12.0. The van der Waals surface area contributed by atoms with E-state index >= 15 is 0 Å². The van der Waals surface area contributed by atoms with Gasteiger partial charge in [-0.25, -0.2) is 4.98 Å². The Morgan fingerprint density at radius 3 is 2.72 bits per heavy atom. The molecule has 2 atom stereocenters. The van der Waals surface area contributed by atoms with Crippen LogP contribution < -0.4 is 11.1 Å². The van der Waals surface area contributed by atoms with Crippen LogP contribution in [-0.4, -0.2) is 15.9 Å². The van der Waals surface area contributed by atoms with Crippen LogP contribution in [-0.2, 0) is 4.79 Å². The van der Waals surface area contributed by atoms with E-state index in [-0.39, 0.29) is 11.9 Å². The zero-order valence-corrected chi connectivity index (χ0v) is 10.1. The van der Waals surface area contributed by atoms with E-state index in [1.807, 2.05) is 37.3 Å². The van der Waals surface area contributed by atoms with Gasteiger partial charge in [-0.3, -0.25) is 4.79 Å². The van der Waals surface area contributed by atoms with Crippen LogP contribution in [0.15, 0.2) is 42.7 Å². The summed E-state index contributed by atoms with van der Waals surface area (Å²) in [5.41, 5.74) is 6.69. The smallest absolute Gasteiger partial charge is 0.242 e. The van der Waals surface area contributed by atoms with Crippen molar-refractivity contribution in [2.24, 2.45) is 5.73 Å². The number of carbonyl (C=O) groups excluding carboxylic acids is 1. The molecule has 0 saturated heterocycles. The van der Waals surface area contributed by atoms with Crippen molar-refractivity contribution in [3.05, 3.63) is 54.1 Å². The summed E-state index contributed by atoms with van der Waals surface area (Å²) >= 11 is 0. The van der Waals surface area contributed by atoms with Gasteiger partial charge in [0.15, 0.2) is 0 Å². The number of carbonyl (C=O) groups is 1. The van der Waals surface area contributed by atoms with E-state index in [1.165, 1.54) is 0 Å². The summed E-state index contributed by atoms with van der Waals surface area (Å²) in [6.07, 6.45) is 3.37. The maximum Gasteiger partial charge on any atom is 0.242 e. The molecule has 0 spiro atoms. The highest BCUT2D eigenvalue weighted by Gasteiger charge is 2.18. The Hall–Kier alpha value is -2.14. The topological polar surface area (TPSA) is 83.8 Å². The summed E-state index contributed by atoms with van der Waals surface area (Å²) in [5, 5.41) is 2.82. The Kier molecular flexibility index (Phi) is 3.74. The van der Waals surface area contributed by atoms with Crippen molar-refractivity contribution < 1.29 is 4.79 Å². The standard InChI is InChI=1S/C13H16N4O/c1-9(12-15-7-8-16-12)17-13(18)11(14)10-5-3-2-4-6-10/h2-9,11H,14H2,1H3,(H,15,16)(H,17,18)/t9?,11-/m1/s1. The number of rotatable bonds is 4. The van der Waals surface area contributed by atoms with Crippen molar-refractivity contribution in [2.45, 2.75) is 19.0 Å². The van der Waals surface area contributed by atoms with Crippen molar-refractivity contribution >= 4 is 5.91 Å². The number of nitrogens with zero attached hydrogens (tertiary/aromatic N) is 1. The van der Waals surface area contributed by atoms with Gasteiger partial charge in [0, 0.05) is 12.4 Å². The van der Waals surface area contributed by atoms with E-state index in [2.05, 4.69) is 15.3 Å². The second-order valence-electron chi connectivity index (χ2n) is 4.09. The number of nitrogens with two attached hydrogens (primary N) is 1. The number of hydrogen-bond donors (Lipinski definition) is 3. The Bertz CT molecular complexity index is 495. The first kappa shape index (κ1) is 12.3. The molecular formula is C13H16N4O. The lowest BCUT2D eigenvalue weighted by Gasteiger charge is -2.16. The number of aromatic nitrogens is 2. The molecule has 5 heteroatoms. The van der Waals surface area contributed by atoms with Gasteiger partial charge in [0.2, 0.25) is 5.91 Å². The Balaban J connectivity index is 2.00. The van der Waals surface area contributed by atoms with Crippen LogP contribution in [0.2, 0.25) is 0 Å². The fourth-order valence-corrected chi connectivity index (χ4v) is 1.70. The van der Waals surface area contributed by atoms with Crippen LogP contribution in [0, 0.1) is 0 Å². The van der Waals surface area contributed by atoms with Gasteiger partial charge < -0.3 is 16.0 Å². The minimum absolute atomic E-state index is 0.192. The van der Waals surface area contributed by atoms with Crippen molar-refractivity contribution in [3.8, 4) is 0 Å². The van der Waals surface area contributed by atoms with Crippen LogP contribution in [0.4, 0.5) is 0 Å². The van der Waals surface area contributed by atoms with E-state index in [0.29, 0.717) is 5.82 Å². The summed E-state index contributed by atoms with van der Waals surface area (Å²) in [6.45, 7) is 1.86. The fraction of sp³-hybridized carbons (Fsp3) is 0.231. The number of hydrogen-bond acceptors (Lipinski definition) is 3. The number of aromatic amines is 1. The molecule has 0 aliphatic carbocycles. The summed E-state index contributed by atoms with van der Waals surface area (Å²) in [5.74, 6) is 0.494. The number of amides is 1. The highest BCUT2D eigenvalue weighted by Crippen LogP contribution is 2.12. The number of H-pyrrole nitrogens is 1. The lowest BCUT2D eigenvalue weighted by atomic mass is 10.1. The Morgan fingerprint density at radius 1 is 1.39 bits per heavy atom. The quantitative estimate of drug-likeness (QED) is 0.757. The lowest BCUT2D eigenvalue weighted by molar-refractivity contribution is -0.123. The normalized spacial score (nSPS) is 13.9.